The largest absolute Gasteiger partial charge is 0.325 e. The lowest BCUT2D eigenvalue weighted by Gasteiger charge is -2.12. The molecule has 0 saturated heterocycles. The fourth-order valence-electron chi connectivity index (χ4n) is 2.35. The maximum absolute atomic E-state index is 12.2. The molecule has 0 spiro atoms. The Balaban J connectivity index is 1.61. The van der Waals surface area contributed by atoms with Gasteiger partial charge in [-0.15, -0.1) is 0 Å². The molecule has 1 aromatic heterocycles. The van der Waals surface area contributed by atoms with Gasteiger partial charge in [0.15, 0.2) is 0 Å². The van der Waals surface area contributed by atoms with Gasteiger partial charge < -0.3 is 11.1 Å². The quantitative estimate of drug-likeness (QED) is 0.677. The fourth-order valence-corrected chi connectivity index (χ4v) is 2.35. The number of nitrogens with one attached hydrogen (secondary N) is 2. The Labute approximate surface area is 134 Å². The van der Waals surface area contributed by atoms with E-state index < -0.39 is 6.04 Å². The van der Waals surface area contributed by atoms with Crippen LogP contribution in [0.3, 0.4) is 0 Å². The number of carbonyl (C=O) groups excluding carboxylic acids is 1. The summed E-state index contributed by atoms with van der Waals surface area (Å²) < 4.78 is 0. The van der Waals surface area contributed by atoms with Crippen LogP contribution >= 0.6 is 0 Å². The van der Waals surface area contributed by atoms with E-state index in [0.29, 0.717) is 6.42 Å². The minimum atomic E-state index is -0.578. The molecule has 5 heteroatoms. The highest BCUT2D eigenvalue weighted by Crippen LogP contribution is 2.20. The van der Waals surface area contributed by atoms with Crippen LogP contribution in [0.4, 0.5) is 5.69 Å². The smallest absolute Gasteiger partial charge is 0.241 e. The number of H-pyrrole nitrogens is 1. The number of carbonyl (C=O) groups is 1. The predicted molar refractivity (Wildman–Crippen MR) is 90.8 cm³/mol. The Kier molecular flexibility index (Phi) is 4.49. The van der Waals surface area contributed by atoms with E-state index in [1.165, 1.54) is 0 Å². The Morgan fingerprint density at radius 1 is 1.09 bits per heavy atom. The maximum atomic E-state index is 12.2. The van der Waals surface area contributed by atoms with Gasteiger partial charge in [-0.05, 0) is 29.7 Å². The molecule has 1 atom stereocenters. The lowest BCUT2D eigenvalue weighted by Crippen LogP contribution is -2.37. The Morgan fingerprint density at radius 3 is 2.48 bits per heavy atom. The zero-order valence-electron chi connectivity index (χ0n) is 12.6. The fraction of sp³-hybridized carbons (Fsp3) is 0.111. The van der Waals surface area contributed by atoms with Crippen LogP contribution < -0.4 is 11.1 Å². The summed E-state index contributed by atoms with van der Waals surface area (Å²) in [6, 6.07) is 16.8. The number of anilines is 1. The Bertz CT molecular complexity index is 751. The van der Waals surface area contributed by atoms with Crippen molar-refractivity contribution < 1.29 is 4.79 Å². The first-order valence-corrected chi connectivity index (χ1v) is 7.42. The summed E-state index contributed by atoms with van der Waals surface area (Å²) in [7, 11) is 0. The summed E-state index contributed by atoms with van der Waals surface area (Å²) in [6.45, 7) is 0. The van der Waals surface area contributed by atoms with Crippen LogP contribution in [0.25, 0.3) is 11.1 Å². The molecule has 2 aromatic carbocycles. The van der Waals surface area contributed by atoms with Crippen molar-refractivity contribution in [3.05, 3.63) is 72.6 Å². The molecule has 0 aliphatic carbocycles. The average Bonchev–Trinajstić information content (AvgIpc) is 3.11. The molecular formula is C18H18N4O. The van der Waals surface area contributed by atoms with Gasteiger partial charge in [-0.25, -0.2) is 0 Å². The lowest BCUT2D eigenvalue weighted by molar-refractivity contribution is -0.117. The standard InChI is InChI=1S/C18H18N4O/c19-17(10-13-4-2-1-3-5-13)18(23)22-16-8-6-14(7-9-16)15-11-20-21-12-15/h1-9,11-12,17H,10,19H2,(H,20,21)(H,22,23). The van der Waals surface area contributed by atoms with Crippen molar-refractivity contribution in [1.82, 2.24) is 10.2 Å². The second-order valence-corrected chi connectivity index (χ2v) is 5.35. The van der Waals surface area contributed by atoms with Gasteiger partial charge in [0, 0.05) is 17.4 Å². The number of hydrogen-bond acceptors (Lipinski definition) is 3. The van der Waals surface area contributed by atoms with Gasteiger partial charge in [0.05, 0.1) is 12.2 Å². The lowest BCUT2D eigenvalue weighted by atomic mass is 10.1. The van der Waals surface area contributed by atoms with Gasteiger partial charge in [-0.3, -0.25) is 9.89 Å². The normalized spacial score (nSPS) is 11.9. The third-order valence-electron chi connectivity index (χ3n) is 3.62. The molecule has 1 unspecified atom stereocenters. The summed E-state index contributed by atoms with van der Waals surface area (Å²) in [5, 5.41) is 9.55. The second kappa shape index (κ2) is 6.89. The molecule has 1 heterocycles. The molecule has 116 valence electrons. The van der Waals surface area contributed by atoms with E-state index >= 15 is 0 Å². The minimum Gasteiger partial charge on any atom is -0.325 e. The zero-order valence-corrected chi connectivity index (χ0v) is 12.6. The highest BCUT2D eigenvalue weighted by molar-refractivity contribution is 5.95. The van der Waals surface area contributed by atoms with Crippen LogP contribution in [0.1, 0.15) is 5.56 Å². The number of benzene rings is 2. The molecule has 4 N–H and O–H groups in total. The zero-order chi connectivity index (χ0) is 16.1. The van der Waals surface area contributed by atoms with Gasteiger partial charge >= 0.3 is 0 Å². The molecule has 0 fully saturated rings. The number of amides is 1. The highest BCUT2D eigenvalue weighted by atomic mass is 16.2. The minimum absolute atomic E-state index is 0.190. The molecule has 0 bridgehead atoms. The van der Waals surface area contributed by atoms with Crippen LogP contribution in [0, 0.1) is 0 Å². The van der Waals surface area contributed by atoms with Crippen molar-refractivity contribution in [2.75, 3.05) is 5.32 Å². The van der Waals surface area contributed by atoms with Gasteiger partial charge in [0.2, 0.25) is 5.91 Å². The van der Waals surface area contributed by atoms with E-state index in [-0.39, 0.29) is 5.91 Å². The molecule has 0 aliphatic heterocycles. The van der Waals surface area contributed by atoms with Crippen molar-refractivity contribution in [2.45, 2.75) is 12.5 Å². The van der Waals surface area contributed by atoms with Crippen LogP contribution in [0.15, 0.2) is 67.0 Å². The second-order valence-electron chi connectivity index (χ2n) is 5.35. The van der Waals surface area contributed by atoms with E-state index in [1.54, 1.807) is 6.20 Å². The van der Waals surface area contributed by atoms with Crippen LogP contribution in [0.5, 0.6) is 0 Å². The van der Waals surface area contributed by atoms with Gasteiger partial charge in [-0.2, -0.15) is 5.10 Å². The van der Waals surface area contributed by atoms with Crippen molar-refractivity contribution in [1.29, 1.82) is 0 Å². The summed E-state index contributed by atoms with van der Waals surface area (Å²) in [6.07, 6.45) is 4.09. The van der Waals surface area contributed by atoms with Crippen LogP contribution in [-0.2, 0) is 11.2 Å². The van der Waals surface area contributed by atoms with E-state index in [0.717, 1.165) is 22.4 Å². The van der Waals surface area contributed by atoms with E-state index in [9.17, 15) is 4.79 Å². The van der Waals surface area contributed by atoms with E-state index in [1.807, 2.05) is 60.8 Å². The summed E-state index contributed by atoms with van der Waals surface area (Å²) in [5.74, 6) is -0.190. The maximum Gasteiger partial charge on any atom is 0.241 e. The molecule has 3 rings (SSSR count). The number of rotatable bonds is 5. The Hall–Kier alpha value is -2.92. The monoisotopic (exact) mass is 306 g/mol. The SMILES string of the molecule is NC(Cc1ccccc1)C(=O)Nc1ccc(-c2cn[nH]c2)cc1. The number of aromatic amines is 1. The van der Waals surface area contributed by atoms with Crippen molar-refractivity contribution in [3.8, 4) is 11.1 Å². The number of nitrogens with zero attached hydrogens (tertiary/aromatic N) is 1. The molecule has 0 aliphatic rings. The summed E-state index contributed by atoms with van der Waals surface area (Å²) in [5.41, 5.74) is 9.79. The first-order chi connectivity index (χ1) is 11.2. The van der Waals surface area contributed by atoms with Crippen molar-refractivity contribution in [3.63, 3.8) is 0 Å². The van der Waals surface area contributed by atoms with Crippen LogP contribution in [0.2, 0.25) is 0 Å². The third kappa shape index (κ3) is 3.84. The van der Waals surface area contributed by atoms with Crippen molar-refractivity contribution >= 4 is 11.6 Å². The molecule has 0 radical (unpaired) electrons. The number of nitrogens with two attached hydrogens (primary N) is 1. The van der Waals surface area contributed by atoms with Crippen LogP contribution in [-0.4, -0.2) is 22.1 Å². The van der Waals surface area contributed by atoms with Gasteiger partial charge in [-0.1, -0.05) is 42.5 Å². The third-order valence-corrected chi connectivity index (χ3v) is 3.62. The molecular weight excluding hydrogens is 288 g/mol. The topological polar surface area (TPSA) is 83.8 Å². The molecule has 3 aromatic rings. The summed E-state index contributed by atoms with van der Waals surface area (Å²) >= 11 is 0. The molecule has 5 nitrogen and oxygen atoms in total. The number of hydrogen-bond donors (Lipinski definition) is 3. The van der Waals surface area contributed by atoms with Crippen molar-refractivity contribution in [2.24, 2.45) is 5.73 Å². The van der Waals surface area contributed by atoms with E-state index in [2.05, 4.69) is 15.5 Å². The Morgan fingerprint density at radius 2 is 1.83 bits per heavy atom. The molecule has 0 saturated carbocycles. The number of aromatic nitrogens is 2. The predicted octanol–water partition coefficient (Wildman–Crippen LogP) is 2.59. The molecule has 1 amide bonds. The highest BCUT2D eigenvalue weighted by Gasteiger charge is 2.14. The molecule has 23 heavy (non-hydrogen) atoms. The first kappa shape index (κ1) is 15.0. The average molecular weight is 306 g/mol. The summed E-state index contributed by atoms with van der Waals surface area (Å²) in [4.78, 5) is 12.2. The van der Waals surface area contributed by atoms with Gasteiger partial charge in [0.25, 0.3) is 0 Å². The van der Waals surface area contributed by atoms with Gasteiger partial charge in [0.1, 0.15) is 0 Å². The first-order valence-electron chi connectivity index (χ1n) is 7.42. The van der Waals surface area contributed by atoms with E-state index in [4.69, 9.17) is 5.73 Å².